The minimum absolute atomic E-state index is 0.553. The van der Waals surface area contributed by atoms with Crippen LogP contribution in [0.2, 0.25) is 0 Å². The van der Waals surface area contributed by atoms with E-state index in [0.717, 1.165) is 30.6 Å². The average molecular weight is 393 g/mol. The summed E-state index contributed by atoms with van der Waals surface area (Å²) in [7, 11) is 1.74. The molecule has 0 amide bonds. The van der Waals surface area contributed by atoms with Gasteiger partial charge in [-0.25, -0.2) is 0 Å². The Morgan fingerprint density at radius 1 is 1.03 bits per heavy atom. The minimum atomic E-state index is 0.553. The van der Waals surface area contributed by atoms with E-state index in [0.29, 0.717) is 18.0 Å². The lowest BCUT2D eigenvalue weighted by atomic mass is 9.74. The zero-order valence-corrected chi connectivity index (χ0v) is 17.8. The van der Waals surface area contributed by atoms with Crippen LogP contribution in [-0.2, 0) is 0 Å². The molecular formula is C24H32N4O. The largest absolute Gasteiger partial charge is 0.497 e. The summed E-state index contributed by atoms with van der Waals surface area (Å²) in [5.41, 5.74) is 3.98. The third kappa shape index (κ3) is 3.39. The van der Waals surface area contributed by atoms with Crippen molar-refractivity contribution < 1.29 is 4.74 Å². The Labute approximate surface area is 174 Å². The average Bonchev–Trinajstić information content (AvgIpc) is 2.75. The molecule has 2 bridgehead atoms. The fraction of sp³-hybridized carbons (Fsp3) is 0.583. The monoisotopic (exact) mass is 392 g/mol. The first-order valence-electron chi connectivity index (χ1n) is 11.1. The van der Waals surface area contributed by atoms with Crippen molar-refractivity contribution in [1.29, 1.82) is 0 Å². The zero-order valence-electron chi connectivity index (χ0n) is 17.8. The van der Waals surface area contributed by atoms with Gasteiger partial charge in [0, 0.05) is 31.7 Å². The van der Waals surface area contributed by atoms with E-state index in [4.69, 9.17) is 4.74 Å². The molecular weight excluding hydrogens is 360 g/mol. The van der Waals surface area contributed by atoms with Crippen molar-refractivity contribution in [3.05, 3.63) is 47.2 Å². The highest BCUT2D eigenvalue weighted by molar-refractivity contribution is 5.49. The summed E-state index contributed by atoms with van der Waals surface area (Å²) in [5, 5.41) is 8.77. The zero-order chi connectivity index (χ0) is 20.0. The van der Waals surface area contributed by atoms with E-state index in [1.807, 2.05) is 6.20 Å². The highest BCUT2D eigenvalue weighted by atomic mass is 16.5. The number of rotatable bonds is 3. The third-order valence-corrected chi connectivity index (χ3v) is 7.52. The maximum Gasteiger partial charge on any atom is 0.154 e. The molecule has 5 heteroatoms. The second-order valence-electron chi connectivity index (χ2n) is 9.23. The van der Waals surface area contributed by atoms with E-state index in [9.17, 15) is 0 Å². The molecule has 3 fully saturated rings. The molecule has 5 rings (SSSR count). The number of anilines is 1. The quantitative estimate of drug-likeness (QED) is 0.785. The van der Waals surface area contributed by atoms with Gasteiger partial charge in [0.15, 0.2) is 5.82 Å². The Balaban J connectivity index is 1.38. The lowest BCUT2D eigenvalue weighted by molar-refractivity contribution is -0.0201. The first kappa shape index (κ1) is 18.9. The summed E-state index contributed by atoms with van der Waals surface area (Å²) in [6.07, 6.45) is 7.17. The Morgan fingerprint density at radius 2 is 1.86 bits per heavy atom. The molecule has 2 aromatic rings. The van der Waals surface area contributed by atoms with Crippen LogP contribution in [0.4, 0.5) is 5.82 Å². The maximum atomic E-state index is 5.37. The van der Waals surface area contributed by atoms with Crippen LogP contribution in [0.15, 0.2) is 30.5 Å². The third-order valence-electron chi connectivity index (χ3n) is 7.52. The first-order valence-corrected chi connectivity index (χ1v) is 11.1. The molecule has 1 aromatic heterocycles. The van der Waals surface area contributed by atoms with Gasteiger partial charge in [-0.3, -0.25) is 4.90 Å². The SMILES string of the molecule is COc1ccc([C@H]2CCC[C@H]3[C@@H]4C[C@@H](CN(c5nncc(C)c5C)C4)CN23)cc1. The van der Waals surface area contributed by atoms with E-state index >= 15 is 0 Å². The number of hydrogen-bond acceptors (Lipinski definition) is 5. The fourth-order valence-electron chi connectivity index (χ4n) is 5.98. The van der Waals surface area contributed by atoms with Gasteiger partial charge in [-0.2, -0.15) is 5.10 Å². The van der Waals surface area contributed by atoms with Crippen LogP contribution in [0.25, 0.3) is 0 Å². The van der Waals surface area contributed by atoms with Gasteiger partial charge in [0.2, 0.25) is 0 Å². The van der Waals surface area contributed by atoms with Gasteiger partial charge in [0.25, 0.3) is 0 Å². The molecule has 4 heterocycles. The first-order chi connectivity index (χ1) is 14.1. The summed E-state index contributed by atoms with van der Waals surface area (Å²) in [4.78, 5) is 5.37. The highest BCUT2D eigenvalue weighted by Gasteiger charge is 2.45. The highest BCUT2D eigenvalue weighted by Crippen LogP contribution is 2.45. The van der Waals surface area contributed by atoms with Crippen molar-refractivity contribution >= 4 is 5.82 Å². The van der Waals surface area contributed by atoms with E-state index < -0.39 is 0 Å². The van der Waals surface area contributed by atoms with Gasteiger partial charge < -0.3 is 9.64 Å². The van der Waals surface area contributed by atoms with Crippen molar-refractivity contribution in [3.63, 3.8) is 0 Å². The van der Waals surface area contributed by atoms with Gasteiger partial charge >= 0.3 is 0 Å². The molecule has 29 heavy (non-hydrogen) atoms. The van der Waals surface area contributed by atoms with E-state index in [2.05, 4.69) is 58.1 Å². The Bertz CT molecular complexity index is 868. The molecule has 0 saturated carbocycles. The molecule has 0 spiro atoms. The Morgan fingerprint density at radius 3 is 2.66 bits per heavy atom. The van der Waals surface area contributed by atoms with Crippen molar-refractivity contribution in [1.82, 2.24) is 15.1 Å². The van der Waals surface area contributed by atoms with Gasteiger partial charge in [0.05, 0.1) is 13.3 Å². The van der Waals surface area contributed by atoms with Crippen molar-refractivity contribution in [2.24, 2.45) is 11.8 Å². The van der Waals surface area contributed by atoms with Crippen LogP contribution in [-0.4, -0.2) is 47.9 Å². The Hall–Kier alpha value is -2.14. The molecule has 3 saturated heterocycles. The predicted octanol–water partition coefficient (Wildman–Crippen LogP) is 4.15. The summed E-state index contributed by atoms with van der Waals surface area (Å²) in [6, 6.07) is 10.0. The smallest absolute Gasteiger partial charge is 0.154 e. The van der Waals surface area contributed by atoms with Crippen LogP contribution >= 0.6 is 0 Å². The van der Waals surface area contributed by atoms with Crippen molar-refractivity contribution in [2.45, 2.75) is 51.6 Å². The number of fused-ring (bicyclic) bond motifs is 4. The van der Waals surface area contributed by atoms with Crippen molar-refractivity contribution in [3.8, 4) is 5.75 Å². The molecule has 0 aliphatic carbocycles. The topological polar surface area (TPSA) is 41.5 Å². The predicted molar refractivity (Wildman–Crippen MR) is 115 cm³/mol. The Kier molecular flexibility index (Phi) is 4.94. The maximum absolute atomic E-state index is 5.37. The van der Waals surface area contributed by atoms with Crippen LogP contribution in [0, 0.1) is 25.7 Å². The molecule has 0 N–H and O–H groups in total. The molecule has 3 aliphatic rings. The fourth-order valence-corrected chi connectivity index (χ4v) is 5.98. The second kappa shape index (κ2) is 7.60. The molecule has 4 atom stereocenters. The van der Waals surface area contributed by atoms with Crippen LogP contribution in [0.5, 0.6) is 5.75 Å². The molecule has 3 aliphatic heterocycles. The molecule has 154 valence electrons. The number of hydrogen-bond donors (Lipinski definition) is 0. The summed E-state index contributed by atoms with van der Waals surface area (Å²) in [6.45, 7) is 7.75. The van der Waals surface area contributed by atoms with E-state index in [1.54, 1.807) is 7.11 Å². The molecule has 1 aromatic carbocycles. The van der Waals surface area contributed by atoms with Gasteiger partial charge in [0.1, 0.15) is 5.75 Å². The number of aromatic nitrogens is 2. The second-order valence-corrected chi connectivity index (χ2v) is 9.23. The summed E-state index contributed by atoms with van der Waals surface area (Å²) in [5.74, 6) is 3.49. The summed E-state index contributed by atoms with van der Waals surface area (Å²) < 4.78 is 5.37. The number of ether oxygens (including phenoxy) is 1. The minimum Gasteiger partial charge on any atom is -0.497 e. The number of piperidine rings is 3. The number of aryl methyl sites for hydroxylation is 1. The molecule has 5 nitrogen and oxygen atoms in total. The van der Waals surface area contributed by atoms with Crippen molar-refractivity contribution in [2.75, 3.05) is 31.6 Å². The number of nitrogens with zero attached hydrogens (tertiary/aromatic N) is 4. The lowest BCUT2D eigenvalue weighted by Crippen LogP contribution is -2.60. The lowest BCUT2D eigenvalue weighted by Gasteiger charge is -2.55. The number of benzene rings is 1. The molecule has 0 radical (unpaired) electrons. The number of methoxy groups -OCH3 is 1. The van der Waals surface area contributed by atoms with Crippen LogP contribution in [0.3, 0.4) is 0 Å². The van der Waals surface area contributed by atoms with Crippen LogP contribution < -0.4 is 9.64 Å². The van der Waals surface area contributed by atoms with E-state index in [-0.39, 0.29) is 0 Å². The normalized spacial score (nSPS) is 29.4. The van der Waals surface area contributed by atoms with Gasteiger partial charge in [-0.15, -0.1) is 5.10 Å². The van der Waals surface area contributed by atoms with Gasteiger partial charge in [-0.1, -0.05) is 12.1 Å². The summed E-state index contributed by atoms with van der Waals surface area (Å²) >= 11 is 0. The standard InChI is InChI=1S/C24H32N4O/c1-16-12-25-26-24(17(16)2)27-13-18-11-20(15-27)23-6-4-5-22(28(23)14-18)19-7-9-21(29-3)10-8-19/h7-10,12,18,20,22-23H,4-6,11,13-15H2,1-3H3/t18-,20+,22+,23-/m0/s1. The molecule has 0 unspecified atom stereocenters. The van der Waals surface area contributed by atoms with E-state index in [1.165, 1.54) is 48.9 Å². The van der Waals surface area contributed by atoms with Gasteiger partial charge in [-0.05, 0) is 80.2 Å². The van der Waals surface area contributed by atoms with Crippen LogP contribution in [0.1, 0.15) is 48.4 Å².